The molecule has 1 aromatic rings. The van der Waals surface area contributed by atoms with Gasteiger partial charge in [-0.25, -0.2) is 0 Å². The Morgan fingerprint density at radius 1 is 1.37 bits per heavy atom. The van der Waals surface area contributed by atoms with Crippen molar-refractivity contribution in [3.63, 3.8) is 0 Å². The lowest BCUT2D eigenvalue weighted by molar-refractivity contribution is -0.121. The molecule has 1 aliphatic rings. The van der Waals surface area contributed by atoms with Crippen LogP contribution in [0.4, 0.5) is 5.69 Å². The largest absolute Gasteiger partial charge is 0.325 e. The molecule has 0 saturated carbocycles. The minimum Gasteiger partial charge on any atom is -0.325 e. The second kappa shape index (κ2) is 6.20. The first-order valence-corrected chi connectivity index (χ1v) is 7.18. The van der Waals surface area contributed by atoms with Gasteiger partial charge in [-0.05, 0) is 63.4 Å². The van der Waals surface area contributed by atoms with Crippen molar-refractivity contribution >= 4 is 11.6 Å². The van der Waals surface area contributed by atoms with Crippen molar-refractivity contribution in [2.24, 2.45) is 5.92 Å². The lowest BCUT2D eigenvalue weighted by Crippen LogP contribution is -2.45. The lowest BCUT2D eigenvalue weighted by Gasteiger charge is -2.34. The summed E-state index contributed by atoms with van der Waals surface area (Å²) in [6.07, 6.45) is 2.39. The van der Waals surface area contributed by atoms with Gasteiger partial charge in [0.05, 0.1) is 6.04 Å². The maximum Gasteiger partial charge on any atom is 0.241 e. The number of carbonyl (C=O) groups excluding carboxylic acids is 1. The van der Waals surface area contributed by atoms with Crippen molar-refractivity contribution < 1.29 is 4.79 Å². The molecule has 1 amide bonds. The van der Waals surface area contributed by atoms with Crippen molar-refractivity contribution in [1.82, 2.24) is 4.90 Å². The van der Waals surface area contributed by atoms with Crippen LogP contribution < -0.4 is 5.32 Å². The summed E-state index contributed by atoms with van der Waals surface area (Å²) >= 11 is 0. The molecule has 1 saturated heterocycles. The van der Waals surface area contributed by atoms with Crippen LogP contribution >= 0.6 is 0 Å². The number of rotatable bonds is 3. The molecule has 2 rings (SSSR count). The van der Waals surface area contributed by atoms with Gasteiger partial charge in [-0.1, -0.05) is 19.1 Å². The molecule has 0 bridgehead atoms. The molecule has 1 aliphatic heterocycles. The number of amides is 1. The Balaban J connectivity index is 1.92. The first kappa shape index (κ1) is 14.1. The summed E-state index contributed by atoms with van der Waals surface area (Å²) in [7, 11) is 0. The summed E-state index contributed by atoms with van der Waals surface area (Å²) in [5.74, 6) is 0.892. The lowest BCUT2D eigenvalue weighted by atomic mass is 9.98. The van der Waals surface area contributed by atoms with Gasteiger partial charge in [0, 0.05) is 5.69 Å². The van der Waals surface area contributed by atoms with E-state index in [-0.39, 0.29) is 11.9 Å². The molecule has 0 aromatic heterocycles. The smallest absolute Gasteiger partial charge is 0.241 e. The molecule has 1 fully saturated rings. The second-order valence-corrected chi connectivity index (χ2v) is 5.75. The van der Waals surface area contributed by atoms with Gasteiger partial charge >= 0.3 is 0 Å². The third kappa shape index (κ3) is 3.80. The maximum atomic E-state index is 12.3. The summed E-state index contributed by atoms with van der Waals surface area (Å²) in [6, 6.07) is 7.90. The van der Waals surface area contributed by atoms with Crippen LogP contribution in [0.3, 0.4) is 0 Å². The molecule has 1 unspecified atom stereocenters. The number of piperidine rings is 1. The van der Waals surface area contributed by atoms with Gasteiger partial charge in [0.25, 0.3) is 0 Å². The summed E-state index contributed by atoms with van der Waals surface area (Å²) in [4.78, 5) is 14.5. The van der Waals surface area contributed by atoms with E-state index < -0.39 is 0 Å². The Morgan fingerprint density at radius 3 is 2.68 bits per heavy atom. The molecule has 104 valence electrons. The highest BCUT2D eigenvalue weighted by Gasteiger charge is 2.24. The monoisotopic (exact) mass is 260 g/mol. The highest BCUT2D eigenvalue weighted by atomic mass is 16.2. The minimum absolute atomic E-state index is 0.0481. The van der Waals surface area contributed by atoms with Crippen molar-refractivity contribution in [2.75, 3.05) is 18.4 Å². The molecule has 1 aromatic carbocycles. The van der Waals surface area contributed by atoms with Crippen LogP contribution in [0, 0.1) is 12.8 Å². The number of nitrogens with one attached hydrogen (secondary N) is 1. The summed E-state index contributed by atoms with van der Waals surface area (Å²) in [6.45, 7) is 8.38. The van der Waals surface area contributed by atoms with E-state index >= 15 is 0 Å². The molecule has 0 spiro atoms. The average molecular weight is 260 g/mol. The van der Waals surface area contributed by atoms with Crippen LogP contribution in [0.15, 0.2) is 24.3 Å². The fourth-order valence-electron chi connectivity index (χ4n) is 2.55. The Hall–Kier alpha value is -1.35. The zero-order valence-electron chi connectivity index (χ0n) is 12.1. The molecular weight excluding hydrogens is 236 g/mol. The van der Waals surface area contributed by atoms with Crippen molar-refractivity contribution in [3.8, 4) is 0 Å². The van der Waals surface area contributed by atoms with Crippen LogP contribution in [-0.2, 0) is 4.79 Å². The second-order valence-electron chi connectivity index (χ2n) is 5.75. The van der Waals surface area contributed by atoms with Gasteiger partial charge < -0.3 is 5.32 Å². The van der Waals surface area contributed by atoms with Crippen molar-refractivity contribution in [1.29, 1.82) is 0 Å². The molecule has 0 aliphatic carbocycles. The first-order valence-electron chi connectivity index (χ1n) is 7.18. The molecule has 19 heavy (non-hydrogen) atoms. The summed E-state index contributed by atoms with van der Waals surface area (Å²) in [5.41, 5.74) is 2.06. The summed E-state index contributed by atoms with van der Waals surface area (Å²) < 4.78 is 0. The van der Waals surface area contributed by atoms with E-state index in [9.17, 15) is 4.79 Å². The van der Waals surface area contributed by atoms with Crippen LogP contribution in [0.1, 0.15) is 32.3 Å². The number of carbonyl (C=O) groups is 1. The van der Waals surface area contributed by atoms with Gasteiger partial charge in [0.2, 0.25) is 5.91 Å². The molecule has 0 radical (unpaired) electrons. The van der Waals surface area contributed by atoms with Crippen LogP contribution in [-0.4, -0.2) is 29.9 Å². The fraction of sp³-hybridized carbons (Fsp3) is 0.562. The Kier molecular flexibility index (Phi) is 4.59. The highest BCUT2D eigenvalue weighted by molar-refractivity contribution is 5.94. The number of benzene rings is 1. The van der Waals surface area contributed by atoms with Crippen molar-refractivity contribution in [3.05, 3.63) is 29.8 Å². The van der Waals surface area contributed by atoms with E-state index in [1.807, 2.05) is 38.1 Å². The molecule has 1 N–H and O–H groups in total. The third-order valence-corrected chi connectivity index (χ3v) is 4.03. The zero-order chi connectivity index (χ0) is 13.8. The van der Waals surface area contributed by atoms with Crippen LogP contribution in [0.25, 0.3) is 0 Å². The maximum absolute atomic E-state index is 12.3. The number of aryl methyl sites for hydroxylation is 1. The van der Waals surface area contributed by atoms with Gasteiger partial charge in [-0.15, -0.1) is 0 Å². The number of hydrogen-bond donors (Lipinski definition) is 1. The van der Waals surface area contributed by atoms with Gasteiger partial charge in [0.1, 0.15) is 0 Å². The van der Waals surface area contributed by atoms with Crippen LogP contribution in [0.5, 0.6) is 0 Å². The van der Waals surface area contributed by atoms with Gasteiger partial charge in [-0.3, -0.25) is 9.69 Å². The van der Waals surface area contributed by atoms with E-state index in [1.165, 1.54) is 12.8 Å². The Morgan fingerprint density at radius 2 is 2.05 bits per heavy atom. The van der Waals surface area contributed by atoms with Gasteiger partial charge in [0.15, 0.2) is 0 Å². The van der Waals surface area contributed by atoms with E-state index in [0.29, 0.717) is 0 Å². The molecular formula is C16H24N2O. The number of likely N-dealkylation sites (tertiary alicyclic amines) is 1. The van der Waals surface area contributed by atoms with E-state index in [0.717, 1.165) is 30.3 Å². The fourth-order valence-corrected chi connectivity index (χ4v) is 2.55. The van der Waals surface area contributed by atoms with E-state index in [1.54, 1.807) is 0 Å². The molecule has 1 atom stereocenters. The summed E-state index contributed by atoms with van der Waals surface area (Å²) in [5, 5.41) is 3.01. The Labute approximate surface area is 116 Å². The molecule has 1 heterocycles. The highest BCUT2D eigenvalue weighted by Crippen LogP contribution is 2.19. The topological polar surface area (TPSA) is 32.3 Å². The quantitative estimate of drug-likeness (QED) is 0.906. The van der Waals surface area contributed by atoms with Crippen LogP contribution in [0.2, 0.25) is 0 Å². The molecule has 3 nitrogen and oxygen atoms in total. The normalized spacial score (nSPS) is 19.1. The number of nitrogens with zero attached hydrogens (tertiary/aromatic N) is 1. The molecule has 3 heteroatoms. The SMILES string of the molecule is Cc1cccc(NC(=O)C(C)N2CCC(C)CC2)c1. The predicted octanol–water partition coefficient (Wildman–Crippen LogP) is 3.05. The minimum atomic E-state index is -0.0481. The van der Waals surface area contributed by atoms with E-state index in [2.05, 4.69) is 17.1 Å². The third-order valence-electron chi connectivity index (χ3n) is 4.03. The zero-order valence-corrected chi connectivity index (χ0v) is 12.1. The first-order chi connectivity index (χ1) is 9.06. The number of hydrogen-bond acceptors (Lipinski definition) is 2. The Bertz CT molecular complexity index is 436. The average Bonchev–Trinajstić information content (AvgIpc) is 2.39. The van der Waals surface area contributed by atoms with E-state index in [4.69, 9.17) is 0 Å². The van der Waals surface area contributed by atoms with Crippen molar-refractivity contribution in [2.45, 2.75) is 39.7 Å². The predicted molar refractivity (Wildman–Crippen MR) is 79.2 cm³/mol. The standard InChI is InChI=1S/C16H24N2O/c1-12-7-9-18(10-8-12)14(3)16(19)17-15-6-4-5-13(2)11-15/h4-6,11-12,14H,7-10H2,1-3H3,(H,17,19). The van der Waals surface area contributed by atoms with Gasteiger partial charge in [-0.2, -0.15) is 0 Å². The number of anilines is 1.